The highest BCUT2D eigenvalue weighted by atomic mass is 19.4. The number of halogens is 6. The fourth-order valence-electron chi connectivity index (χ4n) is 3.98. The molecule has 0 bridgehead atoms. The van der Waals surface area contributed by atoms with Crippen molar-refractivity contribution in [1.82, 2.24) is 25.2 Å². The van der Waals surface area contributed by atoms with Gasteiger partial charge in [-0.25, -0.2) is 0 Å². The van der Waals surface area contributed by atoms with Gasteiger partial charge < -0.3 is 14.2 Å². The van der Waals surface area contributed by atoms with E-state index in [1.54, 1.807) is 7.11 Å². The first-order valence-corrected chi connectivity index (χ1v) is 11.7. The van der Waals surface area contributed by atoms with Crippen molar-refractivity contribution < 1.29 is 40.6 Å². The van der Waals surface area contributed by atoms with Gasteiger partial charge in [0.2, 0.25) is 0 Å². The maximum Gasteiger partial charge on any atom is 0.416 e. The van der Waals surface area contributed by atoms with Crippen molar-refractivity contribution in [2.45, 2.75) is 57.7 Å². The fourth-order valence-corrected chi connectivity index (χ4v) is 3.98. The highest BCUT2D eigenvalue weighted by Gasteiger charge is 2.38. The summed E-state index contributed by atoms with van der Waals surface area (Å²) in [6.07, 6.45) is -11.8. The minimum absolute atomic E-state index is 0.0971. The molecule has 1 aliphatic heterocycles. The standard InChI is InChI=1S/C23H31F6N5O3/c1-14-21(37-15(2)16-9-17(22(24,25)26)11-18(10-16)23(27,28)29)36-8-6-34(14)13-20-19(30-32-31-20)12-33(3)5-7-35-4/h9-11,14-15,21H,5-8,12-13H2,1-4H3,(H,30,31,32)/t14-,15+,21+/m0/s1. The molecule has 0 unspecified atom stereocenters. The molecule has 0 spiro atoms. The Labute approximate surface area is 210 Å². The Bertz CT molecular complexity index is 983. The molecular formula is C23H31F6N5O3. The monoisotopic (exact) mass is 539 g/mol. The fraction of sp³-hybridized carbons (Fsp3) is 0.652. The number of benzene rings is 1. The second-order valence-electron chi connectivity index (χ2n) is 9.04. The second kappa shape index (κ2) is 12.1. The molecule has 2 aromatic rings. The van der Waals surface area contributed by atoms with Gasteiger partial charge in [0, 0.05) is 33.3 Å². The molecule has 37 heavy (non-hydrogen) atoms. The average molecular weight is 540 g/mol. The number of hydrogen-bond donors (Lipinski definition) is 1. The molecule has 1 aromatic carbocycles. The molecule has 1 saturated heterocycles. The van der Waals surface area contributed by atoms with Crippen LogP contribution in [-0.4, -0.2) is 78.0 Å². The van der Waals surface area contributed by atoms with Crippen LogP contribution in [0, 0.1) is 0 Å². The van der Waals surface area contributed by atoms with Crippen molar-refractivity contribution in [2.75, 3.05) is 40.5 Å². The molecule has 3 atom stereocenters. The lowest BCUT2D eigenvalue weighted by atomic mass is 10.0. The Morgan fingerprint density at radius 3 is 2.41 bits per heavy atom. The number of hydrogen-bond acceptors (Lipinski definition) is 7. The molecule has 208 valence electrons. The Hall–Kier alpha value is -2.26. The predicted molar refractivity (Wildman–Crippen MR) is 120 cm³/mol. The van der Waals surface area contributed by atoms with Gasteiger partial charge >= 0.3 is 12.4 Å². The van der Waals surface area contributed by atoms with E-state index in [-0.39, 0.29) is 24.3 Å². The summed E-state index contributed by atoms with van der Waals surface area (Å²) in [5.41, 5.74) is -1.47. The van der Waals surface area contributed by atoms with Gasteiger partial charge in [-0.05, 0) is 44.7 Å². The molecule has 1 fully saturated rings. The lowest BCUT2D eigenvalue weighted by molar-refractivity contribution is -0.225. The molecule has 8 nitrogen and oxygen atoms in total. The SMILES string of the molecule is COCCN(C)Cc1[nH]nnc1CN1CCO[C@H](O[C@H](C)c2cc(C(F)(F)F)cc(C(F)(F)F)c2)[C@@H]1C. The summed E-state index contributed by atoms with van der Waals surface area (Å²) in [6.45, 7) is 6.26. The Morgan fingerprint density at radius 1 is 1.16 bits per heavy atom. The zero-order chi connectivity index (χ0) is 27.4. The van der Waals surface area contributed by atoms with Gasteiger partial charge in [0.15, 0.2) is 6.29 Å². The van der Waals surface area contributed by atoms with Crippen molar-refractivity contribution >= 4 is 0 Å². The van der Waals surface area contributed by atoms with Crippen LogP contribution in [0.3, 0.4) is 0 Å². The van der Waals surface area contributed by atoms with E-state index >= 15 is 0 Å². The van der Waals surface area contributed by atoms with Crippen LogP contribution in [-0.2, 0) is 39.7 Å². The van der Waals surface area contributed by atoms with Gasteiger partial charge in [-0.1, -0.05) is 5.21 Å². The minimum Gasteiger partial charge on any atom is -0.383 e. The number of morpholine rings is 1. The van der Waals surface area contributed by atoms with Crippen molar-refractivity contribution in [1.29, 1.82) is 0 Å². The predicted octanol–water partition coefficient (Wildman–Crippen LogP) is 4.25. The summed E-state index contributed by atoms with van der Waals surface area (Å²) in [5.74, 6) is 0. The number of nitrogens with one attached hydrogen (secondary N) is 1. The molecule has 0 saturated carbocycles. The number of H-pyrrole nitrogens is 1. The lowest BCUT2D eigenvalue weighted by Crippen LogP contribution is -2.50. The third-order valence-electron chi connectivity index (χ3n) is 6.21. The first-order chi connectivity index (χ1) is 17.3. The summed E-state index contributed by atoms with van der Waals surface area (Å²) in [6, 6.07) is 1.08. The Kier molecular flexibility index (Phi) is 9.56. The maximum atomic E-state index is 13.3. The molecular weight excluding hydrogens is 508 g/mol. The molecule has 14 heteroatoms. The van der Waals surface area contributed by atoms with Crippen molar-refractivity contribution in [3.05, 3.63) is 46.3 Å². The van der Waals surface area contributed by atoms with Crippen molar-refractivity contribution in [3.8, 4) is 0 Å². The molecule has 1 aliphatic rings. The number of nitrogens with zero attached hydrogens (tertiary/aromatic N) is 4. The van der Waals surface area contributed by atoms with Gasteiger partial charge in [-0.2, -0.15) is 26.3 Å². The topological polar surface area (TPSA) is 75.7 Å². The minimum atomic E-state index is -4.94. The third-order valence-corrected chi connectivity index (χ3v) is 6.21. The zero-order valence-electron chi connectivity index (χ0n) is 21.0. The molecule has 3 rings (SSSR count). The second-order valence-corrected chi connectivity index (χ2v) is 9.04. The Morgan fingerprint density at radius 2 is 1.81 bits per heavy atom. The number of methoxy groups -OCH3 is 1. The van der Waals surface area contributed by atoms with E-state index in [0.717, 1.165) is 11.4 Å². The van der Waals surface area contributed by atoms with Crippen molar-refractivity contribution in [3.63, 3.8) is 0 Å². The molecule has 0 amide bonds. The van der Waals surface area contributed by atoms with Gasteiger partial charge in [0.05, 0.1) is 42.2 Å². The normalized spacial score (nSPS) is 20.5. The molecule has 2 heterocycles. The van der Waals surface area contributed by atoms with Crippen LogP contribution < -0.4 is 0 Å². The van der Waals surface area contributed by atoms with Gasteiger partial charge in [0.1, 0.15) is 5.69 Å². The number of rotatable bonds is 10. The summed E-state index contributed by atoms with van der Waals surface area (Å²) in [5, 5.41) is 11.0. The largest absolute Gasteiger partial charge is 0.416 e. The van der Waals surface area contributed by atoms with Crippen LogP contribution in [0.2, 0.25) is 0 Å². The van der Waals surface area contributed by atoms with E-state index in [1.165, 1.54) is 6.92 Å². The van der Waals surface area contributed by atoms with Gasteiger partial charge in [-0.15, -0.1) is 5.10 Å². The zero-order valence-corrected chi connectivity index (χ0v) is 21.0. The van der Waals surface area contributed by atoms with E-state index in [4.69, 9.17) is 14.2 Å². The number of likely N-dealkylation sites (N-methyl/N-ethyl adjacent to an activating group) is 1. The molecule has 0 radical (unpaired) electrons. The van der Waals surface area contributed by atoms with Crippen LogP contribution in [0.25, 0.3) is 0 Å². The molecule has 0 aliphatic carbocycles. The first-order valence-electron chi connectivity index (χ1n) is 11.7. The van der Waals surface area contributed by atoms with Gasteiger partial charge in [-0.3, -0.25) is 14.9 Å². The van der Waals surface area contributed by atoms with Crippen LogP contribution >= 0.6 is 0 Å². The van der Waals surface area contributed by atoms with Crippen LogP contribution in [0.1, 0.15) is 48.0 Å². The van der Waals surface area contributed by atoms with E-state index in [1.807, 2.05) is 23.8 Å². The van der Waals surface area contributed by atoms with E-state index in [9.17, 15) is 26.3 Å². The van der Waals surface area contributed by atoms with Crippen molar-refractivity contribution in [2.24, 2.45) is 0 Å². The number of aromatic amines is 1. The highest BCUT2D eigenvalue weighted by Crippen LogP contribution is 2.38. The Balaban J connectivity index is 1.71. The summed E-state index contributed by atoms with van der Waals surface area (Å²) in [7, 11) is 3.56. The van der Waals surface area contributed by atoms with E-state index in [0.29, 0.717) is 44.9 Å². The molecule has 1 N–H and O–H groups in total. The van der Waals surface area contributed by atoms with Gasteiger partial charge in [0.25, 0.3) is 0 Å². The number of aromatic nitrogens is 3. The van der Waals surface area contributed by atoms with Crippen LogP contribution in [0.5, 0.6) is 0 Å². The smallest absolute Gasteiger partial charge is 0.383 e. The lowest BCUT2D eigenvalue weighted by Gasteiger charge is -2.39. The van der Waals surface area contributed by atoms with E-state index in [2.05, 4.69) is 15.4 Å². The first kappa shape index (κ1) is 29.3. The quantitative estimate of drug-likeness (QED) is 0.453. The highest BCUT2D eigenvalue weighted by molar-refractivity contribution is 5.34. The average Bonchev–Trinajstić information content (AvgIpc) is 3.25. The maximum absolute atomic E-state index is 13.3. The number of alkyl halides is 6. The van der Waals surface area contributed by atoms with E-state index < -0.39 is 35.9 Å². The summed E-state index contributed by atoms with van der Waals surface area (Å²) >= 11 is 0. The van der Waals surface area contributed by atoms with Crippen LogP contribution in [0.4, 0.5) is 26.3 Å². The number of ether oxygens (including phenoxy) is 3. The summed E-state index contributed by atoms with van der Waals surface area (Å²) < 4.78 is 96.2. The summed E-state index contributed by atoms with van der Waals surface area (Å²) in [4.78, 5) is 4.06. The van der Waals surface area contributed by atoms with Crippen LogP contribution in [0.15, 0.2) is 18.2 Å². The molecule has 1 aromatic heterocycles. The third kappa shape index (κ3) is 7.87.